The summed E-state index contributed by atoms with van der Waals surface area (Å²) >= 11 is 16.9. The number of carbonyl (C=O) groups is 2. The third kappa shape index (κ3) is 13.5. The molecule has 2 aromatic rings. The molecule has 0 saturated carbocycles. The molecule has 6 nitrogen and oxygen atoms in total. The lowest BCUT2D eigenvalue weighted by Gasteiger charge is -2.03. The van der Waals surface area contributed by atoms with Gasteiger partial charge in [-0.25, -0.2) is 0 Å². The number of aldehydes is 1. The summed E-state index contributed by atoms with van der Waals surface area (Å²) < 4.78 is 0. The molecule has 2 aromatic carbocycles. The Kier molecular flexibility index (Phi) is 16.1. The van der Waals surface area contributed by atoms with Gasteiger partial charge >= 0.3 is 5.97 Å². The predicted molar refractivity (Wildman–Crippen MR) is 125 cm³/mol. The van der Waals surface area contributed by atoms with E-state index >= 15 is 0 Å². The first-order valence-electron chi connectivity index (χ1n) is 9.28. The highest BCUT2D eigenvalue weighted by molar-refractivity contribution is 6.36. The molecule has 0 aliphatic heterocycles. The summed E-state index contributed by atoms with van der Waals surface area (Å²) in [4.78, 5) is 20.3. The van der Waals surface area contributed by atoms with E-state index in [1.807, 2.05) is 24.3 Å². The number of hydrogen-bond donors (Lipinski definition) is 4. The maximum Gasteiger partial charge on any atom is 0.320 e. The topological polar surface area (TPSA) is 132 Å². The van der Waals surface area contributed by atoms with Crippen LogP contribution in [0.4, 0.5) is 0 Å². The minimum atomic E-state index is -0.933. The van der Waals surface area contributed by atoms with Crippen molar-refractivity contribution in [1.29, 1.82) is 0 Å². The van der Waals surface area contributed by atoms with Gasteiger partial charge in [0.15, 0.2) is 6.29 Å². The zero-order valence-electron chi connectivity index (χ0n) is 16.6. The summed E-state index contributed by atoms with van der Waals surface area (Å²) in [7, 11) is 0. The minimum absolute atomic E-state index is 0.391. The van der Waals surface area contributed by atoms with Gasteiger partial charge in [0.2, 0.25) is 0 Å². The van der Waals surface area contributed by atoms with Gasteiger partial charge in [0.1, 0.15) is 6.04 Å². The van der Waals surface area contributed by atoms with Crippen molar-refractivity contribution >= 4 is 47.1 Å². The highest BCUT2D eigenvalue weighted by Gasteiger charge is 2.09. The Morgan fingerprint density at radius 2 is 1.67 bits per heavy atom. The van der Waals surface area contributed by atoms with Gasteiger partial charge in [0.25, 0.3) is 0 Å². The molecule has 0 fully saturated rings. The fraction of sp³-hybridized carbons (Fsp3) is 0.333. The third-order valence-electron chi connectivity index (χ3n) is 3.70. The first kappa shape index (κ1) is 28.3. The van der Waals surface area contributed by atoms with E-state index in [9.17, 15) is 9.59 Å². The summed E-state index contributed by atoms with van der Waals surface area (Å²) in [5.74, 6) is -0.933. The zero-order chi connectivity index (χ0) is 22.9. The van der Waals surface area contributed by atoms with Crippen LogP contribution in [0.1, 0.15) is 35.2 Å². The Bertz CT molecular complexity index is 776. The van der Waals surface area contributed by atoms with Crippen molar-refractivity contribution in [2.24, 2.45) is 17.2 Å². The summed E-state index contributed by atoms with van der Waals surface area (Å²) in [5.41, 5.74) is 17.5. The Labute approximate surface area is 192 Å². The van der Waals surface area contributed by atoms with Crippen LogP contribution in [-0.2, 0) is 11.2 Å². The van der Waals surface area contributed by atoms with Crippen LogP contribution in [0.15, 0.2) is 42.5 Å². The standard InChI is InChI=1S/C8H10ClN.C7H4Cl2O.C6H14N2O2/c9-8-3-1-2-7(6-8)4-5-10;8-6-2-1-5(4-10)7(9)3-6;7-4-2-1-3-5(8)6(9)10/h1-3,6H,4-5,10H2;1-4H;5H,1-4,7-8H2,(H,9,10)/t;;5-/m..0/s1. The van der Waals surface area contributed by atoms with E-state index in [0.717, 1.165) is 24.3 Å². The van der Waals surface area contributed by atoms with E-state index in [-0.39, 0.29) is 0 Å². The second kappa shape index (κ2) is 17.1. The normalized spacial score (nSPS) is 10.7. The lowest BCUT2D eigenvalue weighted by Crippen LogP contribution is -2.29. The average molecular weight is 477 g/mol. The number of aliphatic carboxylic acids is 1. The number of hydrogen-bond acceptors (Lipinski definition) is 5. The van der Waals surface area contributed by atoms with Gasteiger partial charge in [-0.3, -0.25) is 9.59 Å². The van der Waals surface area contributed by atoms with Crippen molar-refractivity contribution < 1.29 is 14.7 Å². The number of nitrogens with two attached hydrogens (primary N) is 3. The molecule has 0 heterocycles. The van der Waals surface area contributed by atoms with Crippen molar-refractivity contribution in [2.45, 2.75) is 31.7 Å². The lowest BCUT2D eigenvalue weighted by atomic mass is 10.1. The molecule has 0 aliphatic carbocycles. The summed E-state index contributed by atoms with van der Waals surface area (Å²) in [6.45, 7) is 1.28. The van der Waals surface area contributed by atoms with Gasteiger partial charge in [-0.2, -0.15) is 0 Å². The molecule has 2 rings (SSSR count). The van der Waals surface area contributed by atoms with Gasteiger partial charge < -0.3 is 22.3 Å². The molecule has 0 radical (unpaired) electrons. The molecular weight excluding hydrogens is 449 g/mol. The van der Waals surface area contributed by atoms with E-state index in [4.69, 9.17) is 57.1 Å². The molecule has 0 bridgehead atoms. The van der Waals surface area contributed by atoms with E-state index in [2.05, 4.69) is 0 Å². The maximum atomic E-state index is 10.2. The largest absolute Gasteiger partial charge is 0.480 e. The number of benzene rings is 2. The first-order valence-corrected chi connectivity index (χ1v) is 10.4. The van der Waals surface area contributed by atoms with E-state index in [1.165, 1.54) is 11.6 Å². The fourth-order valence-corrected chi connectivity index (χ4v) is 2.75. The van der Waals surface area contributed by atoms with Crippen LogP contribution in [0.3, 0.4) is 0 Å². The van der Waals surface area contributed by atoms with Crippen LogP contribution in [0.25, 0.3) is 0 Å². The zero-order valence-corrected chi connectivity index (χ0v) is 18.8. The molecule has 0 amide bonds. The van der Waals surface area contributed by atoms with Crippen LogP contribution < -0.4 is 17.2 Å². The molecule has 0 unspecified atom stereocenters. The fourth-order valence-electron chi connectivity index (χ4n) is 2.09. The highest BCUT2D eigenvalue weighted by Crippen LogP contribution is 2.18. The van der Waals surface area contributed by atoms with Crippen molar-refractivity contribution in [3.05, 3.63) is 68.7 Å². The van der Waals surface area contributed by atoms with Gasteiger partial charge in [0, 0.05) is 15.6 Å². The van der Waals surface area contributed by atoms with Crippen LogP contribution in [0.5, 0.6) is 0 Å². The summed E-state index contributed by atoms with van der Waals surface area (Å²) in [6, 6.07) is 11.8. The monoisotopic (exact) mass is 475 g/mol. The molecule has 7 N–H and O–H groups in total. The molecule has 0 aliphatic rings. The van der Waals surface area contributed by atoms with Crippen molar-refractivity contribution in [3.63, 3.8) is 0 Å². The Balaban J connectivity index is 0.000000420. The van der Waals surface area contributed by atoms with Gasteiger partial charge in [-0.1, -0.05) is 53.4 Å². The second-order valence-electron chi connectivity index (χ2n) is 6.18. The Morgan fingerprint density at radius 1 is 1.00 bits per heavy atom. The SMILES string of the molecule is NCCCC[C@H](N)C(=O)O.NCCc1cccc(Cl)c1.O=Cc1ccc(Cl)cc1Cl. The quantitative estimate of drug-likeness (QED) is 0.334. The number of unbranched alkanes of at least 4 members (excludes halogenated alkanes) is 1. The summed E-state index contributed by atoms with van der Waals surface area (Å²) in [6.07, 6.45) is 3.76. The predicted octanol–water partition coefficient (Wildman–Crippen LogP) is 4.17. The van der Waals surface area contributed by atoms with E-state index in [0.29, 0.717) is 41.4 Å². The maximum absolute atomic E-state index is 10.2. The van der Waals surface area contributed by atoms with Crippen LogP contribution in [0, 0.1) is 0 Å². The molecular formula is C21H28Cl3N3O3. The van der Waals surface area contributed by atoms with Crippen molar-refractivity contribution in [3.8, 4) is 0 Å². The molecule has 30 heavy (non-hydrogen) atoms. The van der Waals surface area contributed by atoms with E-state index < -0.39 is 12.0 Å². The minimum Gasteiger partial charge on any atom is -0.480 e. The van der Waals surface area contributed by atoms with Crippen LogP contribution in [0.2, 0.25) is 15.1 Å². The summed E-state index contributed by atoms with van der Waals surface area (Å²) in [5, 5.41) is 10.0. The number of carbonyl (C=O) groups excluding carboxylic acids is 1. The molecule has 0 aromatic heterocycles. The molecule has 1 atom stereocenters. The Morgan fingerprint density at radius 3 is 2.17 bits per heavy atom. The second-order valence-corrected chi connectivity index (χ2v) is 7.46. The third-order valence-corrected chi connectivity index (χ3v) is 4.50. The van der Waals surface area contributed by atoms with Crippen molar-refractivity contribution in [2.75, 3.05) is 13.1 Å². The molecule has 0 spiro atoms. The number of halogens is 3. The average Bonchev–Trinajstić information content (AvgIpc) is 2.69. The lowest BCUT2D eigenvalue weighted by molar-refractivity contribution is -0.138. The first-order chi connectivity index (χ1) is 14.2. The number of carboxylic acid groups (broad SMARTS) is 1. The van der Waals surface area contributed by atoms with Gasteiger partial charge in [-0.05, 0) is 68.2 Å². The number of rotatable bonds is 8. The highest BCUT2D eigenvalue weighted by atomic mass is 35.5. The van der Waals surface area contributed by atoms with E-state index in [1.54, 1.807) is 12.1 Å². The van der Waals surface area contributed by atoms with Crippen LogP contribution >= 0.6 is 34.8 Å². The van der Waals surface area contributed by atoms with Gasteiger partial charge in [-0.15, -0.1) is 0 Å². The molecule has 9 heteroatoms. The number of carboxylic acids is 1. The molecule has 0 saturated heterocycles. The van der Waals surface area contributed by atoms with Crippen LogP contribution in [-0.4, -0.2) is 36.5 Å². The molecule has 166 valence electrons. The Hall–Kier alpha value is -1.67. The smallest absolute Gasteiger partial charge is 0.320 e. The van der Waals surface area contributed by atoms with Crippen molar-refractivity contribution in [1.82, 2.24) is 0 Å². The van der Waals surface area contributed by atoms with Gasteiger partial charge in [0.05, 0.1) is 5.02 Å².